The Morgan fingerprint density at radius 1 is 1.00 bits per heavy atom. The van der Waals surface area contributed by atoms with E-state index in [2.05, 4.69) is 10.6 Å². The predicted octanol–water partition coefficient (Wildman–Crippen LogP) is 2.59. The number of halogens is 1. The number of carbonyl (C=O) groups excluding carboxylic acids is 3. The van der Waals surface area contributed by atoms with Crippen LogP contribution >= 0.6 is 0 Å². The van der Waals surface area contributed by atoms with Crippen molar-refractivity contribution in [2.75, 3.05) is 24.4 Å². The maximum absolute atomic E-state index is 13.6. The largest absolute Gasteiger partial charge is 0.494 e. The summed E-state index contributed by atoms with van der Waals surface area (Å²) in [7, 11) is 1.31. The Hall–Kier alpha value is -3.42. The molecule has 2 aromatic rings. The summed E-state index contributed by atoms with van der Waals surface area (Å²) < 4.78 is 23.2. The van der Waals surface area contributed by atoms with Crippen molar-refractivity contribution in [1.29, 1.82) is 0 Å². The van der Waals surface area contributed by atoms with Gasteiger partial charge in [0.05, 0.1) is 12.7 Å². The first-order chi connectivity index (χ1) is 12.4. The Kier molecular flexibility index (Phi) is 6.26. The van der Waals surface area contributed by atoms with Gasteiger partial charge >= 0.3 is 5.97 Å². The lowest BCUT2D eigenvalue weighted by Crippen LogP contribution is -2.21. The molecule has 0 spiro atoms. The zero-order valence-corrected chi connectivity index (χ0v) is 14.2. The fraction of sp³-hybridized carbons (Fsp3) is 0.167. The van der Waals surface area contributed by atoms with Crippen LogP contribution in [0.15, 0.2) is 42.5 Å². The number of rotatable bonds is 6. The first kappa shape index (κ1) is 18.9. The molecule has 0 aliphatic rings. The van der Waals surface area contributed by atoms with Crippen LogP contribution < -0.4 is 15.4 Å². The highest BCUT2D eigenvalue weighted by Crippen LogP contribution is 2.18. The molecule has 2 N–H and O–H groups in total. The Labute approximate surface area is 149 Å². The van der Waals surface area contributed by atoms with Gasteiger partial charge in [-0.1, -0.05) is 0 Å². The Morgan fingerprint density at radius 2 is 1.62 bits per heavy atom. The van der Waals surface area contributed by atoms with Gasteiger partial charge in [-0.25, -0.2) is 9.18 Å². The van der Waals surface area contributed by atoms with Gasteiger partial charge < -0.3 is 20.1 Å². The highest BCUT2D eigenvalue weighted by molar-refractivity contribution is 5.96. The normalized spacial score (nSPS) is 9.96. The van der Waals surface area contributed by atoms with Crippen LogP contribution in [0.4, 0.5) is 15.8 Å². The van der Waals surface area contributed by atoms with Crippen molar-refractivity contribution >= 4 is 29.2 Å². The molecule has 0 saturated heterocycles. The van der Waals surface area contributed by atoms with Crippen LogP contribution in [0.1, 0.15) is 17.3 Å². The van der Waals surface area contributed by atoms with Gasteiger partial charge in [0.25, 0.3) is 5.91 Å². The number of hydrogen-bond donors (Lipinski definition) is 2. The van der Waals surface area contributed by atoms with Crippen molar-refractivity contribution in [3.05, 3.63) is 53.8 Å². The molecule has 0 aliphatic carbocycles. The van der Waals surface area contributed by atoms with E-state index in [1.807, 2.05) is 0 Å². The number of methoxy groups -OCH3 is 1. The number of carbonyl (C=O) groups is 3. The van der Waals surface area contributed by atoms with E-state index in [9.17, 15) is 18.8 Å². The molecule has 8 heteroatoms. The monoisotopic (exact) mass is 360 g/mol. The fourth-order valence-electron chi connectivity index (χ4n) is 2.05. The molecule has 0 unspecified atom stereocenters. The molecule has 0 radical (unpaired) electrons. The molecule has 2 amide bonds. The lowest BCUT2D eigenvalue weighted by molar-refractivity contribution is -0.119. The molecule has 0 heterocycles. The van der Waals surface area contributed by atoms with Crippen molar-refractivity contribution in [2.45, 2.75) is 6.92 Å². The Morgan fingerprint density at radius 3 is 2.15 bits per heavy atom. The first-order valence-electron chi connectivity index (χ1n) is 7.57. The predicted molar refractivity (Wildman–Crippen MR) is 92.6 cm³/mol. The van der Waals surface area contributed by atoms with E-state index in [-0.39, 0.29) is 17.2 Å². The number of ether oxygens (including phenoxy) is 2. The minimum Gasteiger partial charge on any atom is -0.494 e. The lowest BCUT2D eigenvalue weighted by Gasteiger charge is -2.08. The van der Waals surface area contributed by atoms with E-state index in [0.29, 0.717) is 11.4 Å². The fourth-order valence-corrected chi connectivity index (χ4v) is 2.05. The summed E-state index contributed by atoms with van der Waals surface area (Å²) in [6, 6.07) is 10.0. The van der Waals surface area contributed by atoms with E-state index in [1.54, 1.807) is 24.3 Å². The second kappa shape index (κ2) is 8.61. The molecule has 0 bridgehead atoms. The highest BCUT2D eigenvalue weighted by atomic mass is 19.1. The van der Waals surface area contributed by atoms with Gasteiger partial charge in [-0.05, 0) is 42.5 Å². The molecule has 2 aromatic carbocycles. The minimum absolute atomic E-state index is 0.00185. The van der Waals surface area contributed by atoms with E-state index in [1.165, 1.54) is 26.2 Å². The van der Waals surface area contributed by atoms with Gasteiger partial charge in [0.2, 0.25) is 5.91 Å². The number of esters is 1. The van der Waals surface area contributed by atoms with Gasteiger partial charge in [-0.3, -0.25) is 9.59 Å². The Balaban J connectivity index is 1.87. The van der Waals surface area contributed by atoms with Crippen LogP contribution in [-0.2, 0) is 14.3 Å². The van der Waals surface area contributed by atoms with E-state index < -0.39 is 24.3 Å². The van der Waals surface area contributed by atoms with Crippen molar-refractivity contribution in [2.24, 2.45) is 0 Å². The van der Waals surface area contributed by atoms with Crippen molar-refractivity contribution < 1.29 is 28.2 Å². The quantitative estimate of drug-likeness (QED) is 0.773. The third kappa shape index (κ3) is 5.30. The van der Waals surface area contributed by atoms with Crippen LogP contribution in [0, 0.1) is 5.82 Å². The zero-order valence-electron chi connectivity index (χ0n) is 14.2. The molecule has 0 fully saturated rings. The standard InChI is InChI=1S/C18H17FN2O5/c1-11(22)20-13-4-6-14(7-5-13)21-17(23)10-26-18(24)12-3-8-16(25-2)15(19)9-12/h3-9H,10H2,1-2H3,(H,20,22)(H,21,23). The smallest absolute Gasteiger partial charge is 0.338 e. The zero-order chi connectivity index (χ0) is 19.1. The van der Waals surface area contributed by atoms with Crippen LogP contribution in [0.2, 0.25) is 0 Å². The highest BCUT2D eigenvalue weighted by Gasteiger charge is 2.13. The van der Waals surface area contributed by atoms with Crippen LogP contribution in [-0.4, -0.2) is 31.5 Å². The van der Waals surface area contributed by atoms with E-state index >= 15 is 0 Å². The van der Waals surface area contributed by atoms with Crippen LogP contribution in [0.5, 0.6) is 5.75 Å². The van der Waals surface area contributed by atoms with Gasteiger partial charge in [-0.15, -0.1) is 0 Å². The Bertz CT molecular complexity index is 821. The second-order valence-corrected chi connectivity index (χ2v) is 5.23. The third-order valence-corrected chi connectivity index (χ3v) is 3.21. The van der Waals surface area contributed by atoms with E-state index in [4.69, 9.17) is 9.47 Å². The first-order valence-corrected chi connectivity index (χ1v) is 7.57. The number of anilines is 2. The SMILES string of the molecule is COc1ccc(C(=O)OCC(=O)Nc2ccc(NC(C)=O)cc2)cc1F. The molecule has 0 atom stereocenters. The minimum atomic E-state index is -0.831. The molecular formula is C18H17FN2O5. The summed E-state index contributed by atoms with van der Waals surface area (Å²) in [6.07, 6.45) is 0. The van der Waals surface area contributed by atoms with Gasteiger partial charge in [-0.2, -0.15) is 0 Å². The molecule has 26 heavy (non-hydrogen) atoms. The van der Waals surface area contributed by atoms with Crippen molar-refractivity contribution in [3.63, 3.8) is 0 Å². The summed E-state index contributed by atoms with van der Waals surface area (Å²) in [5.74, 6) is -2.29. The third-order valence-electron chi connectivity index (χ3n) is 3.21. The summed E-state index contributed by atoms with van der Waals surface area (Å²) in [5.41, 5.74) is 1.02. The van der Waals surface area contributed by atoms with Crippen LogP contribution in [0.25, 0.3) is 0 Å². The molecule has 0 saturated carbocycles. The molecule has 0 aromatic heterocycles. The van der Waals surface area contributed by atoms with Gasteiger partial charge in [0.15, 0.2) is 18.2 Å². The van der Waals surface area contributed by atoms with Crippen LogP contribution in [0.3, 0.4) is 0 Å². The van der Waals surface area contributed by atoms with Crippen molar-refractivity contribution in [1.82, 2.24) is 0 Å². The van der Waals surface area contributed by atoms with Gasteiger partial charge in [0.1, 0.15) is 0 Å². The van der Waals surface area contributed by atoms with Gasteiger partial charge in [0, 0.05) is 18.3 Å². The number of hydrogen-bond acceptors (Lipinski definition) is 5. The maximum atomic E-state index is 13.6. The molecular weight excluding hydrogens is 343 g/mol. The lowest BCUT2D eigenvalue weighted by atomic mass is 10.2. The molecule has 7 nitrogen and oxygen atoms in total. The number of benzene rings is 2. The molecule has 136 valence electrons. The number of amides is 2. The summed E-state index contributed by atoms with van der Waals surface area (Å²) in [6.45, 7) is 0.860. The summed E-state index contributed by atoms with van der Waals surface area (Å²) >= 11 is 0. The molecule has 0 aliphatic heterocycles. The molecule has 2 rings (SSSR count). The average molecular weight is 360 g/mol. The average Bonchev–Trinajstić information content (AvgIpc) is 2.61. The summed E-state index contributed by atoms with van der Waals surface area (Å²) in [4.78, 5) is 34.6. The number of nitrogens with one attached hydrogen (secondary N) is 2. The van der Waals surface area contributed by atoms with Crippen molar-refractivity contribution in [3.8, 4) is 5.75 Å². The second-order valence-electron chi connectivity index (χ2n) is 5.23. The topological polar surface area (TPSA) is 93.7 Å². The summed E-state index contributed by atoms with van der Waals surface area (Å²) in [5, 5.41) is 5.13. The van der Waals surface area contributed by atoms with E-state index in [0.717, 1.165) is 6.07 Å². The maximum Gasteiger partial charge on any atom is 0.338 e.